The van der Waals surface area contributed by atoms with Gasteiger partial charge in [0.05, 0.1) is 17.5 Å². The third-order valence-electron chi connectivity index (χ3n) is 3.45. The number of aryl methyl sites for hydroxylation is 1. The zero-order chi connectivity index (χ0) is 14.5. The van der Waals surface area contributed by atoms with Gasteiger partial charge in [-0.15, -0.1) is 11.3 Å². The molecule has 0 aliphatic heterocycles. The van der Waals surface area contributed by atoms with E-state index in [-0.39, 0.29) is 18.6 Å². The molecule has 0 fully saturated rings. The summed E-state index contributed by atoms with van der Waals surface area (Å²) in [6, 6.07) is 7.98. The van der Waals surface area contributed by atoms with Gasteiger partial charge in [0.2, 0.25) is 0 Å². The lowest BCUT2D eigenvalue weighted by atomic mass is 10.1. The van der Waals surface area contributed by atoms with Crippen molar-refractivity contribution < 1.29 is 9.90 Å². The minimum Gasteiger partial charge on any atom is -0.394 e. The van der Waals surface area contributed by atoms with Crippen LogP contribution in [0.5, 0.6) is 0 Å². The van der Waals surface area contributed by atoms with E-state index in [2.05, 4.69) is 24.4 Å². The number of carbonyl (C=O) groups excluding carboxylic acids is 1. The molecule has 2 rings (SSSR count). The van der Waals surface area contributed by atoms with Crippen LogP contribution < -0.4 is 5.32 Å². The molecule has 1 aromatic heterocycles. The minimum atomic E-state index is -0.165. The summed E-state index contributed by atoms with van der Waals surface area (Å²) in [5.74, 6) is -0.0597. The second kappa shape index (κ2) is 6.86. The molecular formula is C16H21NO2S. The summed E-state index contributed by atoms with van der Waals surface area (Å²) < 4.78 is 1.15. The molecule has 0 saturated heterocycles. The third kappa shape index (κ3) is 3.02. The zero-order valence-corrected chi connectivity index (χ0v) is 12.8. The number of aliphatic hydroxyl groups is 1. The van der Waals surface area contributed by atoms with Crippen molar-refractivity contribution in [2.24, 2.45) is 0 Å². The average Bonchev–Trinajstić information content (AvgIpc) is 2.84. The average molecular weight is 291 g/mol. The van der Waals surface area contributed by atoms with Crippen molar-refractivity contribution in [3.63, 3.8) is 0 Å². The van der Waals surface area contributed by atoms with E-state index in [0.717, 1.165) is 34.4 Å². The standard InChI is InChI=1S/C16H21NO2S/c1-3-7-13-12-8-5-6-9-14(12)20-15(13)16(19)17-11(4-2)10-18/h5-6,8-9,11,18H,3-4,7,10H2,1-2H3,(H,17,19). The van der Waals surface area contributed by atoms with Crippen molar-refractivity contribution in [2.75, 3.05) is 6.61 Å². The van der Waals surface area contributed by atoms with Gasteiger partial charge in [0.25, 0.3) is 5.91 Å². The third-order valence-corrected chi connectivity index (χ3v) is 4.66. The Hall–Kier alpha value is -1.39. The predicted molar refractivity (Wildman–Crippen MR) is 84.5 cm³/mol. The first-order valence-electron chi connectivity index (χ1n) is 7.13. The summed E-state index contributed by atoms with van der Waals surface area (Å²) in [4.78, 5) is 13.2. The van der Waals surface area contributed by atoms with Gasteiger partial charge in [-0.3, -0.25) is 4.79 Å². The van der Waals surface area contributed by atoms with Crippen molar-refractivity contribution in [3.05, 3.63) is 34.7 Å². The number of fused-ring (bicyclic) bond motifs is 1. The van der Waals surface area contributed by atoms with Crippen LogP contribution in [0.2, 0.25) is 0 Å². The van der Waals surface area contributed by atoms with Crippen LogP contribution in [0.25, 0.3) is 10.1 Å². The molecule has 4 heteroatoms. The highest BCUT2D eigenvalue weighted by Gasteiger charge is 2.19. The van der Waals surface area contributed by atoms with Crippen LogP contribution in [0.15, 0.2) is 24.3 Å². The van der Waals surface area contributed by atoms with Gasteiger partial charge in [-0.2, -0.15) is 0 Å². The van der Waals surface area contributed by atoms with E-state index < -0.39 is 0 Å². The molecular weight excluding hydrogens is 270 g/mol. The highest BCUT2D eigenvalue weighted by molar-refractivity contribution is 7.21. The van der Waals surface area contributed by atoms with Crippen LogP contribution in [0.1, 0.15) is 41.9 Å². The topological polar surface area (TPSA) is 49.3 Å². The van der Waals surface area contributed by atoms with E-state index in [1.54, 1.807) is 11.3 Å². The number of hydrogen-bond acceptors (Lipinski definition) is 3. The van der Waals surface area contributed by atoms with E-state index in [1.165, 1.54) is 5.39 Å². The SMILES string of the molecule is CCCc1c(C(=O)NC(CC)CO)sc2ccccc12. The first kappa shape index (κ1) is 15.0. The van der Waals surface area contributed by atoms with E-state index in [9.17, 15) is 9.90 Å². The summed E-state index contributed by atoms with van der Waals surface area (Å²) in [6.07, 6.45) is 2.65. The van der Waals surface area contributed by atoms with E-state index in [1.807, 2.05) is 19.1 Å². The Morgan fingerprint density at radius 1 is 1.35 bits per heavy atom. The number of nitrogens with one attached hydrogen (secondary N) is 1. The number of thiophene rings is 1. The van der Waals surface area contributed by atoms with Crippen molar-refractivity contribution in [3.8, 4) is 0 Å². The summed E-state index contributed by atoms with van der Waals surface area (Å²) in [6.45, 7) is 4.06. The molecule has 108 valence electrons. The highest BCUT2D eigenvalue weighted by atomic mass is 32.1. The quantitative estimate of drug-likeness (QED) is 0.857. The lowest BCUT2D eigenvalue weighted by molar-refractivity contribution is 0.0918. The number of hydrogen-bond donors (Lipinski definition) is 2. The lowest BCUT2D eigenvalue weighted by Gasteiger charge is -2.14. The van der Waals surface area contributed by atoms with Crippen LogP contribution in [-0.2, 0) is 6.42 Å². The van der Waals surface area contributed by atoms with Crippen molar-refractivity contribution in [1.82, 2.24) is 5.32 Å². The maximum absolute atomic E-state index is 12.4. The van der Waals surface area contributed by atoms with Crippen LogP contribution in [0.3, 0.4) is 0 Å². The molecule has 0 saturated carbocycles. The molecule has 20 heavy (non-hydrogen) atoms. The van der Waals surface area contributed by atoms with Gasteiger partial charge in [-0.05, 0) is 29.9 Å². The van der Waals surface area contributed by atoms with E-state index in [0.29, 0.717) is 0 Å². The van der Waals surface area contributed by atoms with Crippen LogP contribution in [-0.4, -0.2) is 23.7 Å². The Morgan fingerprint density at radius 2 is 2.10 bits per heavy atom. The van der Waals surface area contributed by atoms with Crippen molar-refractivity contribution >= 4 is 27.3 Å². The zero-order valence-electron chi connectivity index (χ0n) is 12.0. The molecule has 0 radical (unpaired) electrons. The second-order valence-corrected chi connectivity index (χ2v) is 5.97. The summed E-state index contributed by atoms with van der Waals surface area (Å²) in [5.41, 5.74) is 1.14. The molecule has 0 aliphatic carbocycles. The summed E-state index contributed by atoms with van der Waals surface area (Å²) in [7, 11) is 0. The molecule has 0 spiro atoms. The molecule has 1 unspecified atom stereocenters. The van der Waals surface area contributed by atoms with Gasteiger partial charge >= 0.3 is 0 Å². The normalized spacial score (nSPS) is 12.6. The number of rotatable bonds is 6. The molecule has 0 bridgehead atoms. The van der Waals surface area contributed by atoms with E-state index in [4.69, 9.17) is 0 Å². The summed E-state index contributed by atoms with van der Waals surface area (Å²) >= 11 is 1.54. The number of carbonyl (C=O) groups is 1. The van der Waals surface area contributed by atoms with Crippen molar-refractivity contribution in [2.45, 2.75) is 39.2 Å². The van der Waals surface area contributed by atoms with Gasteiger partial charge in [-0.1, -0.05) is 38.5 Å². The Kier molecular flexibility index (Phi) is 5.15. The van der Waals surface area contributed by atoms with Crippen molar-refractivity contribution in [1.29, 1.82) is 0 Å². The maximum atomic E-state index is 12.4. The van der Waals surface area contributed by atoms with Gasteiger partial charge in [0, 0.05) is 4.70 Å². The number of amides is 1. The summed E-state index contributed by atoms with van der Waals surface area (Å²) in [5, 5.41) is 13.3. The molecule has 1 atom stereocenters. The molecule has 1 heterocycles. The molecule has 1 aromatic carbocycles. The van der Waals surface area contributed by atoms with E-state index >= 15 is 0 Å². The number of aliphatic hydroxyl groups excluding tert-OH is 1. The smallest absolute Gasteiger partial charge is 0.261 e. The Labute approximate surface area is 123 Å². The Balaban J connectivity index is 2.37. The maximum Gasteiger partial charge on any atom is 0.261 e. The van der Waals surface area contributed by atoms with Gasteiger partial charge in [0.1, 0.15) is 0 Å². The molecule has 2 N–H and O–H groups in total. The highest BCUT2D eigenvalue weighted by Crippen LogP contribution is 2.32. The minimum absolute atomic E-state index is 0.0176. The first-order chi connectivity index (χ1) is 9.71. The Bertz CT molecular complexity index is 587. The Morgan fingerprint density at radius 3 is 2.75 bits per heavy atom. The number of benzene rings is 1. The fourth-order valence-corrected chi connectivity index (χ4v) is 3.46. The molecule has 3 nitrogen and oxygen atoms in total. The fourth-order valence-electron chi connectivity index (χ4n) is 2.31. The second-order valence-electron chi connectivity index (χ2n) is 4.92. The molecule has 2 aromatic rings. The first-order valence-corrected chi connectivity index (χ1v) is 7.95. The van der Waals surface area contributed by atoms with Gasteiger partial charge < -0.3 is 10.4 Å². The van der Waals surface area contributed by atoms with Gasteiger partial charge in [0.15, 0.2) is 0 Å². The lowest BCUT2D eigenvalue weighted by Crippen LogP contribution is -2.36. The predicted octanol–water partition coefficient (Wildman–Crippen LogP) is 3.35. The van der Waals surface area contributed by atoms with Crippen LogP contribution in [0, 0.1) is 0 Å². The molecule has 0 aliphatic rings. The van der Waals surface area contributed by atoms with Gasteiger partial charge in [-0.25, -0.2) is 0 Å². The van der Waals surface area contributed by atoms with Crippen LogP contribution >= 0.6 is 11.3 Å². The largest absolute Gasteiger partial charge is 0.394 e. The monoisotopic (exact) mass is 291 g/mol. The molecule has 1 amide bonds. The fraction of sp³-hybridized carbons (Fsp3) is 0.438. The van der Waals surface area contributed by atoms with Crippen LogP contribution in [0.4, 0.5) is 0 Å².